The highest BCUT2D eigenvalue weighted by Crippen LogP contribution is 2.35. The molecule has 6 heteroatoms. The van der Waals surface area contributed by atoms with E-state index in [2.05, 4.69) is 41.1 Å². The smallest absolute Gasteiger partial charge is 0.119 e. The largest absolute Gasteiger partial charge is 0.494 e. The second kappa shape index (κ2) is 11.6. The number of hydrogen-bond acceptors (Lipinski definition) is 6. The second-order valence-corrected chi connectivity index (χ2v) is 9.59. The minimum absolute atomic E-state index is 0.00144. The monoisotopic (exact) mass is 464 g/mol. The molecule has 3 N–H and O–H groups in total. The molecule has 0 aromatic heterocycles. The van der Waals surface area contributed by atoms with Crippen molar-refractivity contribution < 1.29 is 9.47 Å². The van der Waals surface area contributed by atoms with E-state index in [1.54, 1.807) is 0 Å². The quantitative estimate of drug-likeness (QED) is 0.380. The number of anilines is 2. The Hall–Kier alpha value is -2.70. The van der Waals surface area contributed by atoms with Crippen LogP contribution in [0.15, 0.2) is 60.9 Å². The Morgan fingerprint density at radius 1 is 1.12 bits per heavy atom. The Morgan fingerprint density at radius 2 is 1.82 bits per heavy atom. The summed E-state index contributed by atoms with van der Waals surface area (Å²) in [5.74, 6) is 1.78. The summed E-state index contributed by atoms with van der Waals surface area (Å²) in [6, 6.07) is 16.6. The highest BCUT2D eigenvalue weighted by atomic mass is 16.5. The van der Waals surface area contributed by atoms with E-state index >= 15 is 0 Å². The molecule has 0 radical (unpaired) electrons. The van der Waals surface area contributed by atoms with E-state index in [9.17, 15) is 0 Å². The Bertz CT molecular complexity index is 918. The molecular formula is C28H40N4O2. The summed E-state index contributed by atoms with van der Waals surface area (Å²) < 4.78 is 11.7. The van der Waals surface area contributed by atoms with Crippen LogP contribution >= 0.6 is 0 Å². The fourth-order valence-corrected chi connectivity index (χ4v) is 5.05. The van der Waals surface area contributed by atoms with Gasteiger partial charge in [0.05, 0.1) is 23.8 Å². The van der Waals surface area contributed by atoms with Crippen LogP contribution < -0.4 is 20.7 Å². The lowest BCUT2D eigenvalue weighted by Crippen LogP contribution is -2.44. The molecular weight excluding hydrogens is 424 g/mol. The van der Waals surface area contributed by atoms with Gasteiger partial charge in [-0.2, -0.15) is 0 Å². The number of likely N-dealkylation sites (tertiary alicyclic amines) is 1. The average molecular weight is 465 g/mol. The molecule has 4 rings (SSSR count). The predicted molar refractivity (Wildman–Crippen MR) is 140 cm³/mol. The minimum Gasteiger partial charge on any atom is -0.494 e. The van der Waals surface area contributed by atoms with Crippen LogP contribution in [-0.4, -0.2) is 57.9 Å². The summed E-state index contributed by atoms with van der Waals surface area (Å²) in [7, 11) is 1.99. The van der Waals surface area contributed by atoms with Crippen molar-refractivity contribution in [3.63, 3.8) is 0 Å². The fourth-order valence-electron chi connectivity index (χ4n) is 5.05. The van der Waals surface area contributed by atoms with E-state index in [4.69, 9.17) is 15.2 Å². The van der Waals surface area contributed by atoms with E-state index < -0.39 is 0 Å². The van der Waals surface area contributed by atoms with Gasteiger partial charge in [-0.15, -0.1) is 0 Å². The van der Waals surface area contributed by atoms with E-state index in [-0.39, 0.29) is 5.41 Å². The Labute approximate surface area is 204 Å². The summed E-state index contributed by atoms with van der Waals surface area (Å²) in [6.07, 6.45) is 5.71. The van der Waals surface area contributed by atoms with E-state index in [1.807, 2.05) is 36.2 Å². The number of hydrogen-bond donors (Lipinski definition) is 2. The van der Waals surface area contributed by atoms with Crippen LogP contribution in [0.2, 0.25) is 0 Å². The maximum atomic E-state index is 6.16. The normalized spacial score (nSPS) is 17.9. The molecule has 6 nitrogen and oxygen atoms in total. The topological polar surface area (TPSA) is 63.0 Å². The van der Waals surface area contributed by atoms with Crippen molar-refractivity contribution in [3.8, 4) is 5.75 Å². The molecule has 184 valence electrons. The lowest BCUT2D eigenvalue weighted by atomic mass is 9.74. The molecule has 0 spiro atoms. The van der Waals surface area contributed by atoms with Gasteiger partial charge in [0, 0.05) is 38.8 Å². The van der Waals surface area contributed by atoms with Gasteiger partial charge in [0.1, 0.15) is 5.75 Å². The molecule has 0 unspecified atom stereocenters. The number of nitrogens with one attached hydrogen (secondary N) is 1. The first kappa shape index (κ1) is 24.4. The van der Waals surface area contributed by atoms with Crippen LogP contribution in [0.4, 0.5) is 11.4 Å². The van der Waals surface area contributed by atoms with Crippen molar-refractivity contribution in [2.24, 2.45) is 0 Å². The van der Waals surface area contributed by atoms with Crippen molar-refractivity contribution in [2.45, 2.75) is 37.5 Å². The van der Waals surface area contributed by atoms with Gasteiger partial charge < -0.3 is 30.3 Å². The lowest BCUT2D eigenvalue weighted by Gasteiger charge is -2.39. The van der Waals surface area contributed by atoms with Gasteiger partial charge in [-0.3, -0.25) is 0 Å². The van der Waals surface area contributed by atoms with E-state index in [1.165, 1.54) is 31.5 Å². The number of benzene rings is 2. The number of nitrogens with zero attached hydrogens (tertiary/aromatic N) is 2. The molecule has 0 saturated carbocycles. The third-order valence-corrected chi connectivity index (χ3v) is 7.34. The molecule has 0 amide bonds. The third-order valence-electron chi connectivity index (χ3n) is 7.34. The Kier molecular flexibility index (Phi) is 8.35. The molecule has 2 aliphatic rings. The molecule has 2 saturated heterocycles. The summed E-state index contributed by atoms with van der Waals surface area (Å²) >= 11 is 0. The molecule has 2 heterocycles. The van der Waals surface area contributed by atoms with Crippen LogP contribution in [0.25, 0.3) is 0 Å². The second-order valence-electron chi connectivity index (χ2n) is 9.59. The van der Waals surface area contributed by atoms with Crippen molar-refractivity contribution in [1.82, 2.24) is 10.2 Å². The molecule has 0 atom stereocenters. The minimum atomic E-state index is -0.00144. The third kappa shape index (κ3) is 6.05. The fraction of sp³-hybridized carbons (Fsp3) is 0.500. The van der Waals surface area contributed by atoms with Crippen molar-refractivity contribution in [1.29, 1.82) is 0 Å². The molecule has 2 aliphatic heterocycles. The van der Waals surface area contributed by atoms with Crippen molar-refractivity contribution >= 4 is 11.4 Å². The van der Waals surface area contributed by atoms with Crippen LogP contribution in [0, 0.1) is 0 Å². The van der Waals surface area contributed by atoms with Gasteiger partial charge in [-0.1, -0.05) is 30.8 Å². The molecule has 2 fully saturated rings. The summed E-state index contributed by atoms with van der Waals surface area (Å²) in [6.45, 7) is 11.0. The zero-order chi connectivity index (χ0) is 23.8. The highest BCUT2D eigenvalue weighted by molar-refractivity contribution is 5.69. The number of nitrogen functional groups attached to an aromatic ring is 1. The number of rotatable bonds is 11. The zero-order valence-corrected chi connectivity index (χ0v) is 20.6. The summed E-state index contributed by atoms with van der Waals surface area (Å²) in [4.78, 5) is 4.55. The number of para-hydroxylation sites is 2. The standard InChI is InChI=1S/C28H40N4O2/c1-23(31(2)27-9-4-3-8-26(27)29)30-22-28(14-20-33-21-15-28)24-10-12-25(13-11-24)34-19-7-18-32-16-5-6-17-32/h3-4,8-13,30H,1,5-7,14-22,29H2,2H3. The maximum absolute atomic E-state index is 6.16. The van der Waals surface area contributed by atoms with Crippen LogP contribution in [-0.2, 0) is 10.2 Å². The van der Waals surface area contributed by atoms with Crippen LogP contribution in [0.1, 0.15) is 37.7 Å². The van der Waals surface area contributed by atoms with E-state index in [0.717, 1.165) is 75.1 Å². The maximum Gasteiger partial charge on any atom is 0.119 e. The van der Waals surface area contributed by atoms with E-state index in [0.29, 0.717) is 0 Å². The first-order chi connectivity index (χ1) is 16.6. The zero-order valence-electron chi connectivity index (χ0n) is 20.6. The van der Waals surface area contributed by atoms with Gasteiger partial charge in [0.15, 0.2) is 0 Å². The van der Waals surface area contributed by atoms with Crippen molar-refractivity contribution in [2.75, 3.05) is 63.7 Å². The van der Waals surface area contributed by atoms with Gasteiger partial charge in [-0.25, -0.2) is 0 Å². The first-order valence-electron chi connectivity index (χ1n) is 12.6. The lowest BCUT2D eigenvalue weighted by molar-refractivity contribution is 0.0507. The average Bonchev–Trinajstić information content (AvgIpc) is 3.40. The highest BCUT2D eigenvalue weighted by Gasteiger charge is 2.34. The van der Waals surface area contributed by atoms with Gasteiger partial charge in [0.2, 0.25) is 0 Å². The summed E-state index contributed by atoms with van der Waals surface area (Å²) in [5, 5.41) is 3.58. The van der Waals surface area contributed by atoms with Gasteiger partial charge in [0.25, 0.3) is 0 Å². The Morgan fingerprint density at radius 3 is 2.53 bits per heavy atom. The number of ether oxygens (including phenoxy) is 2. The van der Waals surface area contributed by atoms with Crippen LogP contribution in [0.5, 0.6) is 5.75 Å². The van der Waals surface area contributed by atoms with Crippen molar-refractivity contribution in [3.05, 3.63) is 66.5 Å². The molecule has 0 bridgehead atoms. The number of nitrogens with two attached hydrogens (primary N) is 1. The summed E-state index contributed by atoms with van der Waals surface area (Å²) in [5.41, 5.74) is 9.18. The molecule has 0 aliphatic carbocycles. The van der Waals surface area contributed by atoms with Gasteiger partial charge in [-0.05, 0) is 75.0 Å². The molecule has 34 heavy (non-hydrogen) atoms. The first-order valence-corrected chi connectivity index (χ1v) is 12.6. The molecule has 2 aromatic carbocycles. The van der Waals surface area contributed by atoms with Gasteiger partial charge >= 0.3 is 0 Å². The predicted octanol–water partition coefficient (Wildman–Crippen LogP) is 4.38. The SMILES string of the molecule is C=C(NCC1(c2ccc(OCCCN3CCCC3)cc2)CCOCC1)N(C)c1ccccc1N. The Balaban J connectivity index is 1.34. The van der Waals surface area contributed by atoms with Crippen LogP contribution in [0.3, 0.4) is 0 Å². The molecule has 2 aromatic rings.